The number of aryl methyl sites for hydroxylation is 1. The minimum Gasteiger partial charge on any atom is -0.298 e. The molecule has 1 rings (SSSR count). The molecular weight excluding hydrogens is 379 g/mol. The van der Waals surface area contributed by atoms with E-state index in [0.717, 1.165) is 0 Å². The van der Waals surface area contributed by atoms with Gasteiger partial charge in [0.1, 0.15) is 18.6 Å². The first kappa shape index (κ1) is 14.9. The molecule has 0 fully saturated rings. The molecule has 0 spiro atoms. The van der Waals surface area contributed by atoms with Gasteiger partial charge in [-0.05, 0) is 29.0 Å². The maximum atomic E-state index is 11.7. The topological polar surface area (TPSA) is 69.0 Å². The van der Waals surface area contributed by atoms with Gasteiger partial charge in [0.2, 0.25) is 0 Å². The quantitative estimate of drug-likeness (QED) is 0.562. The zero-order valence-electron chi connectivity index (χ0n) is 9.19. The van der Waals surface area contributed by atoms with E-state index in [4.69, 9.17) is 11.6 Å². The molecular formula is C9H12ClIN2O3S. The van der Waals surface area contributed by atoms with Gasteiger partial charge in [-0.3, -0.25) is 9.36 Å². The highest BCUT2D eigenvalue weighted by Gasteiger charge is 2.09. The fourth-order valence-electron chi connectivity index (χ4n) is 1.20. The first-order valence-corrected chi connectivity index (χ1v) is 8.26. The standard InChI is InChI=1S/C9H12ClIN2O3S/c1-2-17(15,16)5-3-4-13-6-12-8(10)7(11)9(13)14/h6H,2-5H2,1H3. The van der Waals surface area contributed by atoms with Crippen LogP contribution in [-0.4, -0.2) is 29.5 Å². The Morgan fingerprint density at radius 3 is 2.76 bits per heavy atom. The minimum atomic E-state index is -2.98. The second kappa shape index (κ2) is 6.14. The van der Waals surface area contributed by atoms with Gasteiger partial charge in [0.05, 0.1) is 12.1 Å². The van der Waals surface area contributed by atoms with Gasteiger partial charge in [-0.1, -0.05) is 18.5 Å². The van der Waals surface area contributed by atoms with Crippen molar-refractivity contribution in [3.63, 3.8) is 0 Å². The van der Waals surface area contributed by atoms with E-state index in [9.17, 15) is 13.2 Å². The third-order valence-electron chi connectivity index (χ3n) is 2.23. The lowest BCUT2D eigenvalue weighted by Gasteiger charge is -2.06. The Morgan fingerprint density at radius 1 is 1.53 bits per heavy atom. The first-order valence-electron chi connectivity index (χ1n) is 4.98. The van der Waals surface area contributed by atoms with E-state index in [1.165, 1.54) is 10.9 Å². The number of hydrogen-bond donors (Lipinski definition) is 0. The summed E-state index contributed by atoms with van der Waals surface area (Å²) in [6.07, 6.45) is 1.74. The normalized spacial score (nSPS) is 11.7. The molecule has 0 radical (unpaired) electrons. The van der Waals surface area contributed by atoms with E-state index >= 15 is 0 Å². The summed E-state index contributed by atoms with van der Waals surface area (Å²) in [6.45, 7) is 1.94. The lowest BCUT2D eigenvalue weighted by Crippen LogP contribution is -2.24. The van der Waals surface area contributed by atoms with Crippen molar-refractivity contribution in [2.45, 2.75) is 19.9 Å². The van der Waals surface area contributed by atoms with Crippen LogP contribution in [0.2, 0.25) is 5.15 Å². The summed E-state index contributed by atoms with van der Waals surface area (Å²) < 4.78 is 24.3. The number of hydrogen-bond acceptors (Lipinski definition) is 4. The minimum absolute atomic E-state index is 0.0785. The fraction of sp³-hybridized carbons (Fsp3) is 0.556. The summed E-state index contributed by atoms with van der Waals surface area (Å²) in [7, 11) is -2.98. The van der Waals surface area contributed by atoms with Crippen LogP contribution in [0.25, 0.3) is 0 Å². The van der Waals surface area contributed by atoms with E-state index < -0.39 is 9.84 Å². The van der Waals surface area contributed by atoms with Crippen LogP contribution in [-0.2, 0) is 16.4 Å². The van der Waals surface area contributed by atoms with Crippen molar-refractivity contribution in [2.75, 3.05) is 11.5 Å². The molecule has 1 heterocycles. The van der Waals surface area contributed by atoms with Crippen LogP contribution in [0.4, 0.5) is 0 Å². The number of halogens is 2. The third-order valence-corrected chi connectivity index (χ3v) is 5.60. The van der Waals surface area contributed by atoms with Crippen molar-refractivity contribution in [1.29, 1.82) is 0 Å². The van der Waals surface area contributed by atoms with E-state index in [0.29, 0.717) is 16.5 Å². The molecule has 0 aliphatic rings. The highest BCUT2D eigenvalue weighted by atomic mass is 127. The Hall–Kier alpha value is -0.150. The molecule has 1 aromatic rings. The molecule has 96 valence electrons. The smallest absolute Gasteiger partial charge is 0.268 e. The van der Waals surface area contributed by atoms with Gasteiger partial charge in [-0.25, -0.2) is 13.4 Å². The van der Waals surface area contributed by atoms with Gasteiger partial charge in [-0.2, -0.15) is 0 Å². The molecule has 0 unspecified atom stereocenters. The van der Waals surface area contributed by atoms with Crippen molar-refractivity contribution in [1.82, 2.24) is 9.55 Å². The van der Waals surface area contributed by atoms with Crippen molar-refractivity contribution in [3.05, 3.63) is 25.4 Å². The number of sulfone groups is 1. The first-order chi connectivity index (χ1) is 7.87. The zero-order chi connectivity index (χ0) is 13.1. The summed E-state index contributed by atoms with van der Waals surface area (Å²) in [5, 5.41) is 0.174. The van der Waals surface area contributed by atoms with Gasteiger partial charge < -0.3 is 0 Å². The maximum Gasteiger partial charge on any atom is 0.268 e. The molecule has 8 heteroatoms. The number of aromatic nitrogens is 2. The molecule has 0 saturated carbocycles. The van der Waals surface area contributed by atoms with Crippen molar-refractivity contribution in [3.8, 4) is 0 Å². The predicted octanol–water partition coefficient (Wildman–Crippen LogP) is 1.33. The molecule has 17 heavy (non-hydrogen) atoms. The van der Waals surface area contributed by atoms with Gasteiger partial charge in [-0.15, -0.1) is 0 Å². The van der Waals surface area contributed by atoms with Gasteiger partial charge in [0, 0.05) is 12.3 Å². The Kier molecular flexibility index (Phi) is 5.39. The Morgan fingerprint density at radius 2 is 2.18 bits per heavy atom. The molecule has 0 saturated heterocycles. The Labute approximate surface area is 118 Å². The van der Waals surface area contributed by atoms with E-state index in [-0.39, 0.29) is 22.2 Å². The Bertz CT molecular complexity index is 556. The molecule has 0 bridgehead atoms. The number of nitrogens with zero attached hydrogens (tertiary/aromatic N) is 2. The predicted molar refractivity (Wildman–Crippen MR) is 75.2 cm³/mol. The van der Waals surface area contributed by atoms with Crippen LogP contribution < -0.4 is 5.56 Å². The van der Waals surface area contributed by atoms with Crippen molar-refractivity contribution < 1.29 is 8.42 Å². The van der Waals surface area contributed by atoms with Gasteiger partial charge in [0.25, 0.3) is 5.56 Å². The van der Waals surface area contributed by atoms with Gasteiger partial charge in [0.15, 0.2) is 0 Å². The van der Waals surface area contributed by atoms with Gasteiger partial charge >= 0.3 is 0 Å². The van der Waals surface area contributed by atoms with Crippen molar-refractivity contribution in [2.24, 2.45) is 0 Å². The molecule has 0 aromatic carbocycles. The molecule has 0 amide bonds. The highest BCUT2D eigenvalue weighted by Crippen LogP contribution is 2.09. The average Bonchev–Trinajstić information content (AvgIpc) is 2.29. The summed E-state index contributed by atoms with van der Waals surface area (Å²) in [5.74, 6) is 0.202. The summed E-state index contributed by atoms with van der Waals surface area (Å²) in [4.78, 5) is 15.5. The van der Waals surface area contributed by atoms with E-state index in [1.807, 2.05) is 22.6 Å². The SMILES string of the molecule is CCS(=O)(=O)CCCn1cnc(Cl)c(I)c1=O. The maximum absolute atomic E-state index is 11.7. The average molecular weight is 391 g/mol. The molecule has 0 atom stereocenters. The van der Waals surface area contributed by atoms with E-state index in [2.05, 4.69) is 4.98 Å². The van der Waals surface area contributed by atoms with Crippen LogP contribution in [0, 0.1) is 3.57 Å². The monoisotopic (exact) mass is 390 g/mol. The Balaban J connectivity index is 2.72. The molecule has 5 nitrogen and oxygen atoms in total. The summed E-state index contributed by atoms with van der Waals surface area (Å²) >= 11 is 7.51. The van der Waals surface area contributed by atoms with Crippen LogP contribution in [0.15, 0.2) is 11.1 Å². The lowest BCUT2D eigenvalue weighted by atomic mass is 10.4. The summed E-state index contributed by atoms with van der Waals surface area (Å²) in [6, 6.07) is 0. The fourth-order valence-corrected chi connectivity index (χ4v) is 2.63. The summed E-state index contributed by atoms with van der Waals surface area (Å²) in [5.41, 5.74) is -0.237. The van der Waals surface area contributed by atoms with Crippen LogP contribution in [0.5, 0.6) is 0 Å². The highest BCUT2D eigenvalue weighted by molar-refractivity contribution is 14.1. The second-order valence-electron chi connectivity index (χ2n) is 3.44. The molecule has 1 aromatic heterocycles. The van der Waals surface area contributed by atoms with Crippen molar-refractivity contribution >= 4 is 44.0 Å². The van der Waals surface area contributed by atoms with Crippen LogP contribution in [0.1, 0.15) is 13.3 Å². The van der Waals surface area contributed by atoms with E-state index in [1.54, 1.807) is 6.92 Å². The molecule has 0 N–H and O–H groups in total. The second-order valence-corrected chi connectivity index (χ2v) is 7.35. The number of rotatable bonds is 5. The molecule has 0 aliphatic heterocycles. The zero-order valence-corrected chi connectivity index (χ0v) is 12.9. The lowest BCUT2D eigenvalue weighted by molar-refractivity contribution is 0.582. The van der Waals surface area contributed by atoms with Crippen LogP contribution in [0.3, 0.4) is 0 Å². The van der Waals surface area contributed by atoms with Crippen LogP contribution >= 0.6 is 34.2 Å². The largest absolute Gasteiger partial charge is 0.298 e. The third kappa shape index (κ3) is 4.22. The molecule has 0 aliphatic carbocycles.